The van der Waals surface area contributed by atoms with Crippen LogP contribution in [0.5, 0.6) is 0 Å². The maximum Gasteiger partial charge on any atom is 0.234 e. The Balaban J connectivity index is 2.30. The molecule has 4 nitrogen and oxygen atoms in total. The zero-order chi connectivity index (χ0) is 14.1. The monoisotopic (exact) mass is 259 g/mol. The van der Waals surface area contributed by atoms with Crippen molar-refractivity contribution in [2.24, 2.45) is 0 Å². The van der Waals surface area contributed by atoms with Crippen LogP contribution in [0.25, 0.3) is 0 Å². The van der Waals surface area contributed by atoms with Crippen molar-refractivity contribution in [3.05, 3.63) is 35.4 Å². The number of amides is 1. The minimum absolute atomic E-state index is 0.0115. The molecular formula is C15H21N3O. The fourth-order valence-corrected chi connectivity index (χ4v) is 1.90. The number of hydrogen-bond donors (Lipinski definition) is 2. The molecule has 0 aliphatic carbocycles. The first-order valence-corrected chi connectivity index (χ1v) is 6.64. The zero-order valence-corrected chi connectivity index (χ0v) is 11.6. The molecule has 1 amide bonds. The fourth-order valence-electron chi connectivity index (χ4n) is 1.90. The van der Waals surface area contributed by atoms with E-state index < -0.39 is 0 Å². The van der Waals surface area contributed by atoms with Gasteiger partial charge in [0.2, 0.25) is 5.91 Å². The molecule has 0 aliphatic heterocycles. The molecule has 0 aromatic heterocycles. The molecule has 19 heavy (non-hydrogen) atoms. The summed E-state index contributed by atoms with van der Waals surface area (Å²) in [5.41, 5.74) is 1.65. The molecular weight excluding hydrogens is 238 g/mol. The van der Waals surface area contributed by atoms with Crippen LogP contribution in [0.1, 0.15) is 37.8 Å². The highest BCUT2D eigenvalue weighted by Gasteiger charge is 2.05. The van der Waals surface area contributed by atoms with Crippen LogP contribution in [0, 0.1) is 11.3 Å². The Morgan fingerprint density at radius 3 is 2.95 bits per heavy atom. The number of nitriles is 1. The maximum absolute atomic E-state index is 11.6. The number of nitrogens with one attached hydrogen (secondary N) is 2. The lowest BCUT2D eigenvalue weighted by Crippen LogP contribution is -2.38. The second kappa shape index (κ2) is 8.28. The first-order chi connectivity index (χ1) is 9.15. The third-order valence-corrected chi connectivity index (χ3v) is 2.80. The number of nitrogens with zero attached hydrogens (tertiary/aromatic N) is 1. The van der Waals surface area contributed by atoms with Crippen molar-refractivity contribution < 1.29 is 4.79 Å². The normalized spacial score (nSPS) is 11.6. The molecule has 0 saturated heterocycles. The van der Waals surface area contributed by atoms with Gasteiger partial charge in [-0.15, -0.1) is 0 Å². The minimum Gasteiger partial charge on any atom is -0.353 e. The van der Waals surface area contributed by atoms with Gasteiger partial charge in [0, 0.05) is 12.6 Å². The molecule has 4 heteroatoms. The van der Waals surface area contributed by atoms with Crippen molar-refractivity contribution in [3.8, 4) is 6.07 Å². The van der Waals surface area contributed by atoms with E-state index in [-0.39, 0.29) is 11.9 Å². The summed E-state index contributed by atoms with van der Waals surface area (Å²) in [6.07, 6.45) is 2.06. The standard InChI is InChI=1S/C15H21N3O/c1-3-5-12(2)18-15(19)11-17-10-14-7-4-6-13(8-14)9-16/h4,6-8,12,17H,3,5,10-11H2,1-2H3,(H,18,19). The molecule has 1 unspecified atom stereocenters. The molecule has 0 radical (unpaired) electrons. The van der Waals surface area contributed by atoms with E-state index in [1.807, 2.05) is 25.1 Å². The second-order valence-electron chi connectivity index (χ2n) is 4.67. The largest absolute Gasteiger partial charge is 0.353 e. The smallest absolute Gasteiger partial charge is 0.234 e. The quantitative estimate of drug-likeness (QED) is 0.786. The lowest BCUT2D eigenvalue weighted by Gasteiger charge is -2.13. The number of carbonyl (C=O) groups is 1. The van der Waals surface area contributed by atoms with Crippen LogP contribution in [0.3, 0.4) is 0 Å². The average Bonchev–Trinajstić information content (AvgIpc) is 2.39. The van der Waals surface area contributed by atoms with E-state index in [0.29, 0.717) is 18.7 Å². The molecule has 0 fully saturated rings. The number of benzene rings is 1. The van der Waals surface area contributed by atoms with Crippen molar-refractivity contribution in [1.82, 2.24) is 10.6 Å². The SMILES string of the molecule is CCCC(C)NC(=O)CNCc1cccc(C#N)c1. The molecule has 0 aliphatic rings. The predicted molar refractivity (Wildman–Crippen MR) is 75.4 cm³/mol. The van der Waals surface area contributed by atoms with Gasteiger partial charge in [0.1, 0.15) is 0 Å². The highest BCUT2D eigenvalue weighted by molar-refractivity contribution is 5.78. The summed E-state index contributed by atoms with van der Waals surface area (Å²) in [4.78, 5) is 11.6. The number of carbonyl (C=O) groups excluding carboxylic acids is 1. The van der Waals surface area contributed by atoms with Crippen LogP contribution in [-0.4, -0.2) is 18.5 Å². The van der Waals surface area contributed by atoms with E-state index in [9.17, 15) is 4.79 Å². The van der Waals surface area contributed by atoms with Crippen molar-refractivity contribution in [3.63, 3.8) is 0 Å². The second-order valence-corrected chi connectivity index (χ2v) is 4.67. The van der Waals surface area contributed by atoms with Gasteiger partial charge in [-0.05, 0) is 31.0 Å². The summed E-state index contributed by atoms with van der Waals surface area (Å²) in [6, 6.07) is 9.70. The van der Waals surface area contributed by atoms with Crippen molar-refractivity contribution in [2.75, 3.05) is 6.54 Å². The van der Waals surface area contributed by atoms with Crippen molar-refractivity contribution >= 4 is 5.91 Å². The van der Waals surface area contributed by atoms with Gasteiger partial charge in [0.15, 0.2) is 0 Å². The lowest BCUT2D eigenvalue weighted by atomic mass is 10.1. The Labute approximate surface area is 114 Å². The van der Waals surface area contributed by atoms with Crippen LogP contribution >= 0.6 is 0 Å². The van der Waals surface area contributed by atoms with Gasteiger partial charge in [-0.3, -0.25) is 4.79 Å². The van der Waals surface area contributed by atoms with E-state index >= 15 is 0 Å². The maximum atomic E-state index is 11.6. The lowest BCUT2D eigenvalue weighted by molar-refractivity contribution is -0.120. The van der Waals surface area contributed by atoms with Crippen LogP contribution in [0.15, 0.2) is 24.3 Å². The van der Waals surface area contributed by atoms with E-state index in [1.165, 1.54) is 0 Å². The Bertz CT molecular complexity index is 451. The molecule has 0 bridgehead atoms. The summed E-state index contributed by atoms with van der Waals surface area (Å²) in [6.45, 7) is 5.00. The summed E-state index contributed by atoms with van der Waals surface area (Å²) in [5.74, 6) is 0.0115. The Morgan fingerprint density at radius 2 is 2.26 bits per heavy atom. The Hall–Kier alpha value is -1.86. The van der Waals surface area contributed by atoms with Crippen LogP contribution in [-0.2, 0) is 11.3 Å². The highest BCUT2D eigenvalue weighted by atomic mass is 16.1. The Morgan fingerprint density at radius 1 is 1.47 bits per heavy atom. The molecule has 1 atom stereocenters. The van der Waals surface area contributed by atoms with Gasteiger partial charge in [-0.25, -0.2) is 0 Å². The van der Waals surface area contributed by atoms with Crippen molar-refractivity contribution in [1.29, 1.82) is 5.26 Å². The average molecular weight is 259 g/mol. The predicted octanol–water partition coefficient (Wildman–Crippen LogP) is 1.95. The summed E-state index contributed by atoms with van der Waals surface area (Å²) >= 11 is 0. The number of hydrogen-bond acceptors (Lipinski definition) is 3. The van der Waals surface area contributed by atoms with Crippen LogP contribution in [0.4, 0.5) is 0 Å². The van der Waals surface area contributed by atoms with E-state index in [1.54, 1.807) is 6.07 Å². The number of rotatable bonds is 7. The van der Waals surface area contributed by atoms with Gasteiger partial charge in [0.05, 0.1) is 18.2 Å². The minimum atomic E-state index is 0.0115. The third-order valence-electron chi connectivity index (χ3n) is 2.80. The van der Waals surface area contributed by atoms with Gasteiger partial charge in [-0.2, -0.15) is 5.26 Å². The van der Waals surface area contributed by atoms with Gasteiger partial charge in [0.25, 0.3) is 0 Å². The summed E-state index contributed by atoms with van der Waals surface area (Å²) in [5, 5.41) is 14.8. The topological polar surface area (TPSA) is 64.9 Å². The van der Waals surface area contributed by atoms with Gasteiger partial charge in [-0.1, -0.05) is 25.5 Å². The first-order valence-electron chi connectivity index (χ1n) is 6.64. The molecule has 102 valence electrons. The molecule has 0 spiro atoms. The zero-order valence-electron chi connectivity index (χ0n) is 11.6. The molecule has 1 rings (SSSR count). The summed E-state index contributed by atoms with van der Waals surface area (Å²) < 4.78 is 0. The van der Waals surface area contributed by atoms with Gasteiger partial charge < -0.3 is 10.6 Å². The Kier molecular flexibility index (Phi) is 6.62. The summed E-state index contributed by atoms with van der Waals surface area (Å²) in [7, 11) is 0. The molecule has 0 heterocycles. The van der Waals surface area contributed by atoms with E-state index in [4.69, 9.17) is 5.26 Å². The van der Waals surface area contributed by atoms with Crippen molar-refractivity contribution in [2.45, 2.75) is 39.3 Å². The molecule has 1 aromatic rings. The fraction of sp³-hybridized carbons (Fsp3) is 0.467. The molecule has 1 aromatic carbocycles. The molecule has 0 saturated carbocycles. The van der Waals surface area contributed by atoms with Crippen LogP contribution < -0.4 is 10.6 Å². The van der Waals surface area contributed by atoms with Crippen LogP contribution in [0.2, 0.25) is 0 Å². The molecule has 2 N–H and O–H groups in total. The van der Waals surface area contributed by atoms with E-state index in [0.717, 1.165) is 18.4 Å². The van der Waals surface area contributed by atoms with E-state index in [2.05, 4.69) is 23.6 Å². The first kappa shape index (κ1) is 15.2. The highest BCUT2D eigenvalue weighted by Crippen LogP contribution is 2.03. The third kappa shape index (κ3) is 6.03. The van der Waals surface area contributed by atoms with Gasteiger partial charge >= 0.3 is 0 Å².